The first-order valence-corrected chi connectivity index (χ1v) is 9.47. The average molecular weight is 379 g/mol. The number of hydrogen-bond donors (Lipinski definition) is 2. The van der Waals surface area contributed by atoms with E-state index in [-0.39, 0.29) is 11.4 Å². The van der Waals surface area contributed by atoms with E-state index in [2.05, 4.69) is 41.6 Å². The standard InChI is InChI=1S/C21H22N4OS/c1-21(2,3)16-10-12-17(13-11-16)22-19(26)23-20-25-24-18(27-20)14-9-15-7-5-4-6-8-15/h4-14H,1-3H3,(H2,22,23,25,26)/b14-9+. The van der Waals surface area contributed by atoms with Crippen molar-refractivity contribution in [3.63, 3.8) is 0 Å². The molecule has 1 heterocycles. The monoisotopic (exact) mass is 378 g/mol. The average Bonchev–Trinajstić information content (AvgIpc) is 3.08. The molecule has 0 spiro atoms. The van der Waals surface area contributed by atoms with E-state index in [0.29, 0.717) is 5.13 Å². The third kappa shape index (κ3) is 5.49. The molecule has 0 aliphatic heterocycles. The van der Waals surface area contributed by atoms with Gasteiger partial charge in [0.15, 0.2) is 0 Å². The van der Waals surface area contributed by atoms with Crippen LogP contribution in [0.25, 0.3) is 12.2 Å². The fourth-order valence-corrected chi connectivity index (χ4v) is 3.04. The maximum atomic E-state index is 12.2. The zero-order chi connectivity index (χ0) is 19.3. The normalized spacial score (nSPS) is 11.5. The Bertz CT molecular complexity index is 925. The lowest BCUT2D eigenvalue weighted by Crippen LogP contribution is -2.19. The summed E-state index contributed by atoms with van der Waals surface area (Å²) >= 11 is 1.32. The van der Waals surface area contributed by atoms with Crippen molar-refractivity contribution in [3.8, 4) is 0 Å². The molecule has 6 heteroatoms. The molecular weight excluding hydrogens is 356 g/mol. The highest BCUT2D eigenvalue weighted by Crippen LogP contribution is 2.24. The molecule has 27 heavy (non-hydrogen) atoms. The lowest BCUT2D eigenvalue weighted by atomic mass is 9.87. The first-order chi connectivity index (χ1) is 12.9. The molecule has 0 aliphatic rings. The van der Waals surface area contributed by atoms with Crippen LogP contribution in [0.2, 0.25) is 0 Å². The molecule has 0 atom stereocenters. The summed E-state index contributed by atoms with van der Waals surface area (Å²) < 4.78 is 0. The summed E-state index contributed by atoms with van der Waals surface area (Å²) in [5.41, 5.74) is 3.11. The highest BCUT2D eigenvalue weighted by Gasteiger charge is 2.13. The quantitative estimate of drug-likeness (QED) is 0.616. The highest BCUT2D eigenvalue weighted by molar-refractivity contribution is 7.16. The molecule has 2 amide bonds. The van der Waals surface area contributed by atoms with Crippen molar-refractivity contribution in [1.29, 1.82) is 0 Å². The lowest BCUT2D eigenvalue weighted by Gasteiger charge is -2.19. The summed E-state index contributed by atoms with van der Waals surface area (Å²) in [6.45, 7) is 6.46. The first kappa shape index (κ1) is 18.8. The van der Waals surface area contributed by atoms with E-state index in [1.54, 1.807) is 0 Å². The Morgan fingerprint density at radius 3 is 2.30 bits per heavy atom. The Morgan fingerprint density at radius 2 is 1.63 bits per heavy atom. The van der Waals surface area contributed by atoms with Gasteiger partial charge in [-0.1, -0.05) is 80.6 Å². The minimum Gasteiger partial charge on any atom is -0.308 e. The zero-order valence-corrected chi connectivity index (χ0v) is 16.4. The number of carbonyl (C=O) groups excluding carboxylic acids is 1. The van der Waals surface area contributed by atoms with E-state index >= 15 is 0 Å². The van der Waals surface area contributed by atoms with Gasteiger partial charge in [0.05, 0.1) is 0 Å². The number of aromatic nitrogens is 2. The minimum absolute atomic E-state index is 0.0804. The number of anilines is 2. The summed E-state index contributed by atoms with van der Waals surface area (Å²) in [6.07, 6.45) is 3.84. The molecule has 1 aromatic heterocycles. The maximum absolute atomic E-state index is 12.2. The molecule has 3 rings (SSSR count). The minimum atomic E-state index is -0.340. The molecule has 0 saturated heterocycles. The molecule has 0 aliphatic carbocycles. The Labute approximate surface area is 163 Å². The summed E-state index contributed by atoms with van der Waals surface area (Å²) in [6, 6.07) is 17.4. The summed E-state index contributed by atoms with van der Waals surface area (Å²) in [4.78, 5) is 12.2. The smallest absolute Gasteiger partial charge is 0.308 e. The number of hydrogen-bond acceptors (Lipinski definition) is 4. The molecule has 138 valence electrons. The van der Waals surface area contributed by atoms with Crippen LogP contribution in [0.1, 0.15) is 36.9 Å². The van der Waals surface area contributed by atoms with Gasteiger partial charge in [0.25, 0.3) is 0 Å². The zero-order valence-electron chi connectivity index (χ0n) is 15.6. The molecule has 0 fully saturated rings. The number of benzene rings is 2. The molecule has 0 saturated carbocycles. The van der Waals surface area contributed by atoms with Crippen LogP contribution >= 0.6 is 11.3 Å². The number of nitrogens with zero attached hydrogens (tertiary/aromatic N) is 2. The molecule has 2 N–H and O–H groups in total. The van der Waals surface area contributed by atoms with E-state index in [4.69, 9.17) is 0 Å². The summed E-state index contributed by atoms with van der Waals surface area (Å²) in [5.74, 6) is 0. The van der Waals surface area contributed by atoms with Gasteiger partial charge in [-0.25, -0.2) is 4.79 Å². The maximum Gasteiger partial charge on any atom is 0.325 e. The Balaban J connectivity index is 1.57. The van der Waals surface area contributed by atoms with Gasteiger partial charge in [0.1, 0.15) is 5.01 Å². The second kappa shape index (κ2) is 8.14. The predicted molar refractivity (Wildman–Crippen MR) is 113 cm³/mol. The summed E-state index contributed by atoms with van der Waals surface area (Å²) in [7, 11) is 0. The SMILES string of the molecule is CC(C)(C)c1ccc(NC(=O)Nc2nnc(/C=C/c3ccccc3)s2)cc1. The van der Waals surface area contributed by atoms with E-state index in [9.17, 15) is 4.79 Å². The number of nitrogens with one attached hydrogen (secondary N) is 2. The van der Waals surface area contributed by atoms with Crippen molar-refractivity contribution >= 4 is 40.3 Å². The van der Waals surface area contributed by atoms with Crippen LogP contribution in [0.5, 0.6) is 0 Å². The van der Waals surface area contributed by atoms with Crippen LogP contribution in [-0.2, 0) is 5.41 Å². The van der Waals surface area contributed by atoms with Crippen LogP contribution in [0, 0.1) is 0 Å². The predicted octanol–water partition coefficient (Wildman–Crippen LogP) is 5.65. The molecule has 2 aromatic carbocycles. The van der Waals surface area contributed by atoms with Gasteiger partial charge in [-0.05, 0) is 34.8 Å². The van der Waals surface area contributed by atoms with Gasteiger partial charge in [-0.15, -0.1) is 10.2 Å². The second-order valence-electron chi connectivity index (χ2n) is 7.10. The van der Waals surface area contributed by atoms with Crippen LogP contribution in [-0.4, -0.2) is 16.2 Å². The Hall–Kier alpha value is -2.99. The molecule has 5 nitrogen and oxygen atoms in total. The molecule has 0 unspecified atom stereocenters. The number of urea groups is 1. The van der Waals surface area contributed by atoms with E-state index in [1.807, 2.05) is 66.7 Å². The van der Waals surface area contributed by atoms with Crippen molar-refractivity contribution in [2.24, 2.45) is 0 Å². The number of amides is 2. The lowest BCUT2D eigenvalue weighted by molar-refractivity contribution is 0.262. The van der Waals surface area contributed by atoms with Gasteiger partial charge >= 0.3 is 6.03 Å². The van der Waals surface area contributed by atoms with E-state index in [0.717, 1.165) is 16.3 Å². The van der Waals surface area contributed by atoms with Crippen LogP contribution in [0.4, 0.5) is 15.6 Å². The van der Waals surface area contributed by atoms with Gasteiger partial charge in [-0.2, -0.15) is 0 Å². The van der Waals surface area contributed by atoms with Gasteiger partial charge in [0, 0.05) is 5.69 Å². The largest absolute Gasteiger partial charge is 0.325 e. The van der Waals surface area contributed by atoms with Gasteiger partial charge < -0.3 is 5.32 Å². The van der Waals surface area contributed by atoms with E-state index in [1.165, 1.54) is 16.9 Å². The third-order valence-corrected chi connectivity index (χ3v) is 4.69. The van der Waals surface area contributed by atoms with Crippen molar-refractivity contribution in [2.75, 3.05) is 10.6 Å². The third-order valence-electron chi connectivity index (χ3n) is 3.89. The van der Waals surface area contributed by atoms with E-state index < -0.39 is 0 Å². The molecule has 0 radical (unpaired) electrons. The molecule has 3 aromatic rings. The van der Waals surface area contributed by atoms with Crippen molar-refractivity contribution in [3.05, 3.63) is 70.7 Å². The van der Waals surface area contributed by atoms with Crippen LogP contribution in [0.15, 0.2) is 54.6 Å². The first-order valence-electron chi connectivity index (χ1n) is 8.65. The van der Waals surface area contributed by atoms with Crippen molar-refractivity contribution in [2.45, 2.75) is 26.2 Å². The fraction of sp³-hybridized carbons (Fsp3) is 0.190. The molecule has 0 bridgehead atoms. The van der Waals surface area contributed by atoms with Crippen molar-refractivity contribution < 1.29 is 4.79 Å². The van der Waals surface area contributed by atoms with Crippen molar-refractivity contribution in [1.82, 2.24) is 10.2 Å². The summed E-state index contributed by atoms with van der Waals surface area (Å²) in [5, 5.41) is 14.8. The topological polar surface area (TPSA) is 66.9 Å². The van der Waals surface area contributed by atoms with Gasteiger partial charge in [0.2, 0.25) is 5.13 Å². The second-order valence-corrected chi connectivity index (χ2v) is 8.11. The van der Waals surface area contributed by atoms with Gasteiger partial charge in [-0.3, -0.25) is 5.32 Å². The highest BCUT2D eigenvalue weighted by atomic mass is 32.1. The van der Waals surface area contributed by atoms with Crippen LogP contribution < -0.4 is 10.6 Å². The Morgan fingerprint density at radius 1 is 0.926 bits per heavy atom. The van der Waals surface area contributed by atoms with Crippen LogP contribution in [0.3, 0.4) is 0 Å². The Kier molecular flexibility index (Phi) is 5.66. The number of rotatable bonds is 4. The fourth-order valence-electron chi connectivity index (χ4n) is 2.40. The number of carbonyl (C=O) groups is 1. The molecular formula is C21H22N4OS.